The second-order valence-electron chi connectivity index (χ2n) is 8.50. The minimum absolute atomic E-state index is 0.0114. The molecular weight excluding hydrogens is 574 g/mol. The lowest BCUT2D eigenvalue weighted by atomic mass is 9.81. The lowest BCUT2D eigenvalue weighted by Gasteiger charge is -2.36. The van der Waals surface area contributed by atoms with Crippen molar-refractivity contribution in [1.82, 2.24) is 0 Å². The van der Waals surface area contributed by atoms with Crippen LogP contribution in [0.5, 0.6) is 11.5 Å². The van der Waals surface area contributed by atoms with Gasteiger partial charge in [-0.05, 0) is 42.0 Å². The number of carbonyl (C=O) groups excluding carboxylic acids is 2. The molecule has 4 rings (SSSR count). The van der Waals surface area contributed by atoms with Crippen LogP contribution in [0.4, 0.5) is 5.69 Å². The van der Waals surface area contributed by atoms with Crippen molar-refractivity contribution in [3.63, 3.8) is 0 Å². The Hall–Kier alpha value is -4.83. The van der Waals surface area contributed by atoms with Gasteiger partial charge in [0.2, 0.25) is 0 Å². The van der Waals surface area contributed by atoms with E-state index in [1.165, 1.54) is 12.1 Å². The van der Waals surface area contributed by atoms with Gasteiger partial charge in [0.15, 0.2) is 0 Å². The molecule has 0 aliphatic carbocycles. The first-order valence-corrected chi connectivity index (χ1v) is 13.5. The van der Waals surface area contributed by atoms with Crippen molar-refractivity contribution < 1.29 is 36.8 Å². The van der Waals surface area contributed by atoms with Crippen molar-refractivity contribution in [1.29, 1.82) is 5.26 Å². The van der Waals surface area contributed by atoms with E-state index in [1.807, 2.05) is 6.07 Å². The minimum atomic E-state index is -5.01. The topological polar surface area (TPSA) is 169 Å². The summed E-state index contributed by atoms with van der Waals surface area (Å²) in [5.74, 6) is -3.34. The quantitative estimate of drug-likeness (QED) is 0.295. The van der Waals surface area contributed by atoms with Gasteiger partial charge in [0.1, 0.15) is 27.9 Å². The molecule has 0 spiro atoms. The first-order chi connectivity index (χ1) is 19.5. The smallest absolute Gasteiger partial charge is 0.355 e. The molecule has 11 nitrogen and oxygen atoms in total. The predicted octanol–water partition coefficient (Wildman–Crippen LogP) is 4.28. The van der Waals surface area contributed by atoms with E-state index < -0.39 is 38.6 Å². The normalized spacial score (nSPS) is 15.3. The number of anilines is 1. The van der Waals surface area contributed by atoms with Crippen molar-refractivity contribution in [2.75, 3.05) is 19.1 Å². The number of benzene rings is 3. The van der Waals surface area contributed by atoms with Crippen LogP contribution in [0, 0.1) is 11.3 Å². The van der Waals surface area contributed by atoms with Crippen LogP contribution in [0.2, 0.25) is 5.02 Å². The minimum Gasteiger partial charge on any atom is -0.466 e. The third kappa shape index (κ3) is 5.73. The fourth-order valence-corrected chi connectivity index (χ4v) is 5.17. The fourth-order valence-electron chi connectivity index (χ4n) is 4.35. The highest BCUT2D eigenvalue weighted by atomic mass is 35.5. The van der Waals surface area contributed by atoms with Gasteiger partial charge in [0.05, 0.1) is 43.0 Å². The molecule has 1 heterocycles. The third-order valence-electron chi connectivity index (χ3n) is 6.11. The largest absolute Gasteiger partial charge is 0.466 e. The Labute approximate surface area is 240 Å². The average molecular weight is 596 g/mol. The van der Waals surface area contributed by atoms with Gasteiger partial charge in [-0.15, -0.1) is 0 Å². The molecule has 1 aliphatic rings. The number of nitriles is 1. The summed E-state index contributed by atoms with van der Waals surface area (Å²) in [7, 11) is -2.88. The molecule has 1 unspecified atom stereocenters. The Morgan fingerprint density at radius 1 is 0.976 bits per heavy atom. The van der Waals surface area contributed by atoms with Crippen LogP contribution in [-0.4, -0.2) is 39.1 Å². The molecule has 0 saturated heterocycles. The number of ether oxygens (including phenoxy) is 3. The summed E-state index contributed by atoms with van der Waals surface area (Å²) in [6.07, 6.45) is 0. The van der Waals surface area contributed by atoms with Crippen molar-refractivity contribution in [2.24, 2.45) is 5.73 Å². The highest BCUT2D eigenvalue weighted by Gasteiger charge is 2.44. The lowest BCUT2D eigenvalue weighted by Crippen LogP contribution is -2.41. The highest BCUT2D eigenvalue weighted by Crippen LogP contribution is 2.45. The molecule has 3 aromatic rings. The Morgan fingerprint density at radius 3 is 2.15 bits per heavy atom. The van der Waals surface area contributed by atoms with E-state index in [0.29, 0.717) is 16.3 Å². The second-order valence-corrected chi connectivity index (χ2v) is 10.3. The molecule has 41 heavy (non-hydrogen) atoms. The number of nitrogens with zero attached hydrogens (tertiary/aromatic N) is 2. The first-order valence-electron chi connectivity index (χ1n) is 11.7. The maximum Gasteiger partial charge on any atom is 0.355 e. The molecule has 210 valence electrons. The van der Waals surface area contributed by atoms with Gasteiger partial charge in [-0.3, -0.25) is 9.45 Å². The summed E-state index contributed by atoms with van der Waals surface area (Å²) < 4.78 is 51.1. The van der Waals surface area contributed by atoms with E-state index in [9.17, 15) is 27.8 Å². The van der Waals surface area contributed by atoms with Gasteiger partial charge >= 0.3 is 11.9 Å². The van der Waals surface area contributed by atoms with E-state index in [2.05, 4.69) is 0 Å². The molecule has 0 radical (unpaired) electrons. The standard InChI is InChI=1S/C28H22ClN3O8S/c1-38-27(33)24-23(16-6-4-3-5-7-16)20(15-30)26(31)32(25(24)28(34)39-2)21-13-12-19(14-22(21)41(35,36)37)40-18-10-8-17(29)9-11-18/h3-14,23H,31H2,1-2H3,(H,35,36,37). The Bertz CT molecular complexity index is 1730. The molecule has 1 aliphatic heterocycles. The monoisotopic (exact) mass is 595 g/mol. The van der Waals surface area contributed by atoms with Gasteiger partial charge in [-0.25, -0.2) is 9.59 Å². The van der Waals surface area contributed by atoms with Crippen molar-refractivity contribution in [3.05, 3.63) is 106 Å². The Morgan fingerprint density at radius 2 is 1.59 bits per heavy atom. The summed E-state index contributed by atoms with van der Waals surface area (Å²) in [5.41, 5.74) is 5.46. The number of hydrogen-bond donors (Lipinski definition) is 2. The van der Waals surface area contributed by atoms with Crippen LogP contribution in [-0.2, 0) is 29.2 Å². The summed E-state index contributed by atoms with van der Waals surface area (Å²) in [6.45, 7) is 0. The summed E-state index contributed by atoms with van der Waals surface area (Å²) in [4.78, 5) is 26.6. The zero-order chi connectivity index (χ0) is 29.9. The maximum atomic E-state index is 13.3. The van der Waals surface area contributed by atoms with E-state index in [-0.39, 0.29) is 28.4 Å². The van der Waals surface area contributed by atoms with E-state index >= 15 is 0 Å². The Balaban J connectivity index is 2.02. The van der Waals surface area contributed by atoms with Crippen LogP contribution < -0.4 is 15.4 Å². The van der Waals surface area contributed by atoms with Gasteiger partial charge in [0, 0.05) is 11.1 Å². The van der Waals surface area contributed by atoms with Crippen molar-refractivity contribution >= 4 is 39.3 Å². The summed E-state index contributed by atoms with van der Waals surface area (Å²) in [5, 5.41) is 10.6. The molecule has 0 saturated carbocycles. The van der Waals surface area contributed by atoms with Gasteiger partial charge in [-0.1, -0.05) is 41.9 Å². The SMILES string of the molecule is COC(=O)C1=C(C(=O)OC)N(c2ccc(Oc3ccc(Cl)cc3)cc2S(=O)(=O)O)C(N)=C(C#N)C1c1ccccc1. The molecule has 3 aromatic carbocycles. The molecule has 0 fully saturated rings. The highest BCUT2D eigenvalue weighted by molar-refractivity contribution is 7.86. The number of esters is 2. The van der Waals surface area contributed by atoms with Gasteiger partial charge < -0.3 is 19.9 Å². The fraction of sp³-hybridized carbons (Fsp3) is 0.107. The van der Waals surface area contributed by atoms with Crippen LogP contribution in [0.25, 0.3) is 0 Å². The zero-order valence-corrected chi connectivity index (χ0v) is 23.1. The van der Waals surface area contributed by atoms with Crippen molar-refractivity contribution in [3.8, 4) is 17.6 Å². The number of rotatable bonds is 7. The third-order valence-corrected chi connectivity index (χ3v) is 7.24. The summed E-state index contributed by atoms with van der Waals surface area (Å²) in [6, 6.07) is 20.0. The molecule has 1 atom stereocenters. The van der Waals surface area contributed by atoms with Crippen LogP contribution >= 0.6 is 11.6 Å². The van der Waals surface area contributed by atoms with E-state index in [0.717, 1.165) is 25.2 Å². The van der Waals surface area contributed by atoms with Crippen LogP contribution in [0.15, 0.2) is 100 Å². The number of carbonyl (C=O) groups is 2. The summed E-state index contributed by atoms with van der Waals surface area (Å²) >= 11 is 5.90. The first kappa shape index (κ1) is 29.2. The van der Waals surface area contributed by atoms with Crippen LogP contribution in [0.3, 0.4) is 0 Å². The molecular formula is C28H22ClN3O8S. The number of hydrogen-bond acceptors (Lipinski definition) is 10. The average Bonchev–Trinajstić information content (AvgIpc) is 2.97. The Kier molecular flexibility index (Phi) is 8.34. The number of allylic oxidation sites excluding steroid dienone is 1. The second kappa shape index (κ2) is 11.7. The lowest BCUT2D eigenvalue weighted by molar-refractivity contribution is -0.139. The number of halogens is 1. The molecule has 0 aromatic heterocycles. The molecule has 0 bridgehead atoms. The number of methoxy groups -OCH3 is 2. The number of nitrogens with two attached hydrogens (primary N) is 1. The van der Waals surface area contributed by atoms with E-state index in [4.69, 9.17) is 31.5 Å². The predicted molar refractivity (Wildman–Crippen MR) is 147 cm³/mol. The maximum absolute atomic E-state index is 13.3. The molecule has 3 N–H and O–H groups in total. The molecule has 13 heteroatoms. The molecule has 0 amide bonds. The zero-order valence-electron chi connectivity index (χ0n) is 21.6. The van der Waals surface area contributed by atoms with Gasteiger partial charge in [0.25, 0.3) is 10.1 Å². The van der Waals surface area contributed by atoms with Gasteiger partial charge in [-0.2, -0.15) is 13.7 Å². The van der Waals surface area contributed by atoms with Crippen molar-refractivity contribution in [2.45, 2.75) is 10.8 Å². The van der Waals surface area contributed by atoms with E-state index in [1.54, 1.807) is 54.6 Å². The van der Waals surface area contributed by atoms with Crippen LogP contribution in [0.1, 0.15) is 11.5 Å².